The number of carbonyl (C=O) groups excluding carboxylic acids is 1. The molecule has 1 aromatic carbocycles. The molecule has 1 N–H and O–H groups in total. The molecule has 3 heterocycles. The number of fused-ring (bicyclic) bond motifs is 1. The van der Waals surface area contributed by atoms with Gasteiger partial charge < -0.3 is 9.88 Å². The smallest absolute Gasteiger partial charge is 0.322 e. The fourth-order valence-electron chi connectivity index (χ4n) is 5.46. The fraction of sp³-hybridized carbons (Fsp3) is 0.417. The van der Waals surface area contributed by atoms with Gasteiger partial charge in [-0.2, -0.15) is 0 Å². The molecule has 0 radical (unpaired) electrons. The summed E-state index contributed by atoms with van der Waals surface area (Å²) >= 11 is 0. The molecular formula is C24H29N5O. The summed E-state index contributed by atoms with van der Waals surface area (Å²) in [6, 6.07) is 14.8. The number of hydrogen-bond acceptors (Lipinski definition) is 3. The predicted octanol–water partition coefficient (Wildman–Crippen LogP) is 3.87. The highest BCUT2D eigenvalue weighted by Gasteiger charge is 2.50. The molecule has 6 heteroatoms. The minimum absolute atomic E-state index is 0.00316. The number of benzene rings is 1. The van der Waals surface area contributed by atoms with Gasteiger partial charge in [0.2, 0.25) is 0 Å². The number of anilines is 1. The van der Waals surface area contributed by atoms with Crippen LogP contribution in [-0.2, 0) is 12.6 Å². The van der Waals surface area contributed by atoms with Crippen LogP contribution in [-0.4, -0.2) is 46.7 Å². The molecule has 5 rings (SSSR count). The van der Waals surface area contributed by atoms with Crippen LogP contribution in [0.4, 0.5) is 10.5 Å². The quantitative estimate of drug-likeness (QED) is 0.722. The summed E-state index contributed by atoms with van der Waals surface area (Å²) in [5, 5.41) is 4.38. The lowest BCUT2D eigenvalue weighted by molar-refractivity contribution is 0.0658. The van der Waals surface area contributed by atoms with Gasteiger partial charge in [-0.15, -0.1) is 0 Å². The molecule has 1 saturated heterocycles. The van der Waals surface area contributed by atoms with Crippen molar-refractivity contribution in [3.8, 4) is 0 Å². The van der Waals surface area contributed by atoms with Crippen molar-refractivity contribution in [1.29, 1.82) is 0 Å². The number of carbonyl (C=O) groups is 1. The van der Waals surface area contributed by atoms with Crippen molar-refractivity contribution in [3.05, 3.63) is 60.4 Å². The van der Waals surface area contributed by atoms with Gasteiger partial charge in [-0.25, -0.2) is 9.78 Å². The van der Waals surface area contributed by atoms with E-state index in [1.807, 2.05) is 34.8 Å². The Morgan fingerprint density at radius 1 is 1.03 bits per heavy atom. The van der Waals surface area contributed by atoms with E-state index in [9.17, 15) is 4.79 Å². The Hall–Kier alpha value is -2.86. The van der Waals surface area contributed by atoms with E-state index in [1.165, 1.54) is 5.56 Å². The summed E-state index contributed by atoms with van der Waals surface area (Å²) in [5.41, 5.74) is 3.07. The monoisotopic (exact) mass is 403 g/mol. The van der Waals surface area contributed by atoms with Gasteiger partial charge in [0.25, 0.3) is 0 Å². The molecule has 1 aliphatic carbocycles. The highest BCUT2D eigenvalue weighted by molar-refractivity contribution is 6.03. The molecule has 1 saturated carbocycles. The Bertz CT molecular complexity index is 1080. The number of pyridine rings is 1. The maximum atomic E-state index is 13.0. The second-order valence-electron chi connectivity index (χ2n) is 9.08. The molecule has 6 nitrogen and oxygen atoms in total. The van der Waals surface area contributed by atoms with E-state index in [0.717, 1.165) is 42.4 Å². The lowest BCUT2D eigenvalue weighted by atomic mass is 9.69. The van der Waals surface area contributed by atoms with Crippen LogP contribution in [0, 0.1) is 0 Å². The Morgan fingerprint density at radius 2 is 1.77 bits per heavy atom. The molecule has 156 valence electrons. The standard InChI is InChI=1S/C24H29N5O/c1-27(2)24(18-7-5-4-6-8-18)13-11-23(12-14-24)17-29(22(30)26-23)20-9-15-25-21-19(20)10-16-28(21)3/h4-10,15-16H,11-14,17H2,1-3H3,(H,26,30)/t23-,24+. The number of nitrogens with one attached hydrogen (secondary N) is 1. The Labute approximate surface area is 177 Å². The molecule has 2 aromatic heterocycles. The van der Waals surface area contributed by atoms with Gasteiger partial charge in [-0.1, -0.05) is 30.3 Å². The molecule has 2 aliphatic rings. The number of rotatable bonds is 3. The lowest BCUT2D eigenvalue weighted by Crippen LogP contribution is -2.54. The average Bonchev–Trinajstić information content (AvgIpc) is 3.29. The highest BCUT2D eigenvalue weighted by Crippen LogP contribution is 2.46. The minimum Gasteiger partial charge on any atom is -0.336 e. The molecule has 1 aliphatic heterocycles. The second-order valence-corrected chi connectivity index (χ2v) is 9.08. The molecule has 2 amide bonds. The van der Waals surface area contributed by atoms with Crippen LogP contribution in [0.1, 0.15) is 31.2 Å². The van der Waals surface area contributed by atoms with E-state index in [0.29, 0.717) is 6.54 Å². The van der Waals surface area contributed by atoms with Gasteiger partial charge in [0.1, 0.15) is 5.65 Å². The molecule has 2 fully saturated rings. The van der Waals surface area contributed by atoms with E-state index in [1.54, 1.807) is 6.20 Å². The molecule has 3 aromatic rings. The van der Waals surface area contributed by atoms with E-state index in [4.69, 9.17) is 0 Å². The summed E-state index contributed by atoms with van der Waals surface area (Å²) in [7, 11) is 6.33. The van der Waals surface area contributed by atoms with Crippen molar-refractivity contribution in [2.24, 2.45) is 7.05 Å². The van der Waals surface area contributed by atoms with Crippen LogP contribution in [0.5, 0.6) is 0 Å². The van der Waals surface area contributed by atoms with Gasteiger partial charge in [-0.3, -0.25) is 9.80 Å². The van der Waals surface area contributed by atoms with E-state index >= 15 is 0 Å². The zero-order chi connectivity index (χ0) is 20.9. The molecule has 0 bridgehead atoms. The van der Waals surface area contributed by atoms with Crippen LogP contribution in [0.3, 0.4) is 0 Å². The van der Waals surface area contributed by atoms with Crippen LogP contribution >= 0.6 is 0 Å². The van der Waals surface area contributed by atoms with Crippen molar-refractivity contribution < 1.29 is 4.79 Å². The summed E-state index contributed by atoms with van der Waals surface area (Å²) in [6.45, 7) is 0.706. The van der Waals surface area contributed by atoms with Crippen LogP contribution in [0.25, 0.3) is 11.0 Å². The van der Waals surface area contributed by atoms with Gasteiger partial charge in [0.15, 0.2) is 0 Å². The number of aromatic nitrogens is 2. The third-order valence-electron chi connectivity index (χ3n) is 7.32. The Balaban J connectivity index is 1.42. The molecule has 1 spiro atoms. The fourth-order valence-corrected chi connectivity index (χ4v) is 5.46. The normalized spacial score (nSPS) is 26.7. The van der Waals surface area contributed by atoms with E-state index in [2.05, 4.69) is 59.6 Å². The summed E-state index contributed by atoms with van der Waals surface area (Å²) < 4.78 is 1.99. The highest BCUT2D eigenvalue weighted by atomic mass is 16.2. The topological polar surface area (TPSA) is 53.4 Å². The third-order valence-corrected chi connectivity index (χ3v) is 7.32. The number of aryl methyl sites for hydroxylation is 1. The number of hydrogen-bond donors (Lipinski definition) is 1. The van der Waals surface area contributed by atoms with E-state index < -0.39 is 0 Å². The summed E-state index contributed by atoms with van der Waals surface area (Å²) in [6.07, 6.45) is 7.77. The second kappa shape index (κ2) is 6.84. The first kappa shape index (κ1) is 19.1. The Kier molecular flexibility index (Phi) is 4.36. The van der Waals surface area contributed by atoms with Crippen molar-refractivity contribution in [1.82, 2.24) is 19.8 Å². The lowest BCUT2D eigenvalue weighted by Gasteiger charge is -2.48. The third kappa shape index (κ3) is 2.82. The van der Waals surface area contributed by atoms with Gasteiger partial charge in [0, 0.05) is 30.4 Å². The van der Waals surface area contributed by atoms with Gasteiger partial charge >= 0.3 is 6.03 Å². The van der Waals surface area contributed by atoms with E-state index in [-0.39, 0.29) is 17.1 Å². The van der Waals surface area contributed by atoms with Gasteiger partial charge in [-0.05, 0) is 57.5 Å². The summed E-state index contributed by atoms with van der Waals surface area (Å²) in [5.74, 6) is 0. The zero-order valence-electron chi connectivity index (χ0n) is 17.9. The largest absolute Gasteiger partial charge is 0.336 e. The molecule has 30 heavy (non-hydrogen) atoms. The first-order valence-electron chi connectivity index (χ1n) is 10.7. The average molecular weight is 404 g/mol. The molecule has 0 atom stereocenters. The first-order valence-corrected chi connectivity index (χ1v) is 10.7. The predicted molar refractivity (Wildman–Crippen MR) is 120 cm³/mol. The number of amides is 2. The zero-order valence-corrected chi connectivity index (χ0v) is 17.9. The van der Waals surface area contributed by atoms with Crippen LogP contribution < -0.4 is 10.2 Å². The molecule has 0 unspecified atom stereocenters. The van der Waals surface area contributed by atoms with Crippen molar-refractivity contribution in [2.45, 2.75) is 36.8 Å². The molecular weight excluding hydrogens is 374 g/mol. The van der Waals surface area contributed by atoms with Gasteiger partial charge in [0.05, 0.1) is 17.8 Å². The minimum atomic E-state index is -0.171. The van der Waals surface area contributed by atoms with Crippen LogP contribution in [0.2, 0.25) is 0 Å². The maximum Gasteiger partial charge on any atom is 0.322 e. The first-order chi connectivity index (χ1) is 14.4. The number of urea groups is 1. The number of nitrogens with zero attached hydrogens (tertiary/aromatic N) is 4. The van der Waals surface area contributed by atoms with Crippen molar-refractivity contribution >= 4 is 22.8 Å². The summed E-state index contributed by atoms with van der Waals surface area (Å²) in [4.78, 5) is 21.8. The van der Waals surface area contributed by atoms with Crippen molar-refractivity contribution in [3.63, 3.8) is 0 Å². The maximum absolute atomic E-state index is 13.0. The van der Waals surface area contributed by atoms with Crippen LogP contribution in [0.15, 0.2) is 54.9 Å². The Morgan fingerprint density at radius 3 is 2.47 bits per heavy atom. The van der Waals surface area contributed by atoms with Crippen molar-refractivity contribution in [2.75, 3.05) is 25.5 Å². The SMILES string of the molecule is Cn1ccc2c(N3C[C@]4(CC[C@](c5ccccc5)(N(C)C)CC4)NC3=O)ccnc21.